The van der Waals surface area contributed by atoms with E-state index in [0.29, 0.717) is 0 Å². The highest BCUT2D eigenvalue weighted by molar-refractivity contribution is 5.44. The van der Waals surface area contributed by atoms with Crippen LogP contribution < -0.4 is 21.9 Å². The molecule has 4 aromatic rings. The Hall–Kier alpha value is -3.92. The Bertz CT molecular complexity index is 953. The summed E-state index contributed by atoms with van der Waals surface area (Å²) in [5.41, 5.74) is 21.7. The Kier molecular flexibility index (Phi) is 6.74. The first-order valence-corrected chi connectivity index (χ1v) is 9.36. The van der Waals surface area contributed by atoms with E-state index in [-0.39, 0.29) is 0 Å². The summed E-state index contributed by atoms with van der Waals surface area (Å²) in [4.78, 5) is 0. The summed E-state index contributed by atoms with van der Waals surface area (Å²) in [6, 6.07) is 32.9. The average Bonchev–Trinajstić information content (AvgIpc) is 2.74. The molecule has 0 aliphatic rings. The maximum atomic E-state index is 5.62. The van der Waals surface area contributed by atoms with Crippen LogP contribution in [0.4, 0.5) is 17.1 Å². The highest BCUT2D eigenvalue weighted by atomic mass is 16.5. The van der Waals surface area contributed by atoms with Crippen molar-refractivity contribution >= 4 is 17.1 Å². The zero-order valence-corrected chi connectivity index (χ0v) is 16.2. The van der Waals surface area contributed by atoms with Crippen LogP contribution in [0.1, 0.15) is 11.1 Å². The van der Waals surface area contributed by atoms with E-state index in [2.05, 4.69) is 0 Å². The van der Waals surface area contributed by atoms with Crippen molar-refractivity contribution in [3.8, 4) is 11.5 Å². The lowest BCUT2D eigenvalue weighted by atomic mass is 10.0. The fourth-order valence-electron chi connectivity index (χ4n) is 2.67. The van der Waals surface area contributed by atoms with Crippen molar-refractivity contribution < 1.29 is 4.74 Å². The second-order valence-electron chi connectivity index (χ2n) is 6.64. The van der Waals surface area contributed by atoms with Crippen molar-refractivity contribution in [2.24, 2.45) is 0 Å². The van der Waals surface area contributed by atoms with Gasteiger partial charge in [0.25, 0.3) is 0 Å². The Balaban J connectivity index is 0.000000166. The summed E-state index contributed by atoms with van der Waals surface area (Å²) in [6.45, 7) is 0. The van der Waals surface area contributed by atoms with Crippen LogP contribution in [0, 0.1) is 0 Å². The third kappa shape index (κ3) is 6.63. The molecule has 0 atom stereocenters. The predicted molar refractivity (Wildman–Crippen MR) is 122 cm³/mol. The molecule has 0 spiro atoms. The fourth-order valence-corrected chi connectivity index (χ4v) is 2.67. The van der Waals surface area contributed by atoms with Gasteiger partial charge in [-0.15, -0.1) is 0 Å². The van der Waals surface area contributed by atoms with Crippen molar-refractivity contribution in [2.75, 3.05) is 17.2 Å². The van der Waals surface area contributed by atoms with Crippen LogP contribution >= 0.6 is 0 Å². The van der Waals surface area contributed by atoms with Gasteiger partial charge >= 0.3 is 0 Å². The van der Waals surface area contributed by atoms with Gasteiger partial charge in [0.05, 0.1) is 0 Å². The number of hydrogen-bond acceptors (Lipinski definition) is 4. The minimum absolute atomic E-state index is 0.741. The number of anilines is 3. The highest BCUT2D eigenvalue weighted by Crippen LogP contribution is 2.21. The van der Waals surface area contributed by atoms with Gasteiger partial charge in [-0.2, -0.15) is 0 Å². The van der Waals surface area contributed by atoms with Gasteiger partial charge in [0.1, 0.15) is 11.5 Å². The lowest BCUT2D eigenvalue weighted by Gasteiger charge is -2.04. The largest absolute Gasteiger partial charge is 0.457 e. The van der Waals surface area contributed by atoms with E-state index < -0.39 is 0 Å². The van der Waals surface area contributed by atoms with Gasteiger partial charge in [0.2, 0.25) is 0 Å². The lowest BCUT2D eigenvalue weighted by Crippen LogP contribution is -1.90. The van der Waals surface area contributed by atoms with Crippen LogP contribution in [0.15, 0.2) is 103 Å². The molecule has 0 bridgehead atoms. The molecule has 0 fully saturated rings. The summed E-state index contributed by atoms with van der Waals surface area (Å²) in [7, 11) is 0. The van der Waals surface area contributed by atoms with Crippen LogP contribution in [-0.2, 0) is 6.42 Å². The van der Waals surface area contributed by atoms with Gasteiger partial charge < -0.3 is 21.9 Å². The smallest absolute Gasteiger partial charge is 0.127 e. The Labute approximate surface area is 171 Å². The maximum absolute atomic E-state index is 5.62. The molecular formula is C25H25N3O. The van der Waals surface area contributed by atoms with E-state index in [1.54, 1.807) is 0 Å². The van der Waals surface area contributed by atoms with Crippen molar-refractivity contribution in [2.45, 2.75) is 6.42 Å². The second kappa shape index (κ2) is 9.85. The predicted octanol–water partition coefficient (Wildman–Crippen LogP) is 5.50. The number of nitrogens with two attached hydrogens (primary N) is 3. The van der Waals surface area contributed by atoms with Crippen molar-refractivity contribution in [3.05, 3.63) is 114 Å². The molecule has 4 aromatic carbocycles. The molecule has 29 heavy (non-hydrogen) atoms. The molecular weight excluding hydrogens is 358 g/mol. The summed E-state index contributed by atoms with van der Waals surface area (Å²) in [5, 5.41) is 0. The molecule has 0 saturated carbocycles. The number of hydrogen-bond donors (Lipinski definition) is 3. The fraction of sp³-hybridized carbons (Fsp3) is 0.0400. The van der Waals surface area contributed by atoms with Crippen molar-refractivity contribution in [1.29, 1.82) is 0 Å². The van der Waals surface area contributed by atoms with Crippen LogP contribution in [0.5, 0.6) is 11.5 Å². The third-order valence-corrected chi connectivity index (χ3v) is 4.23. The Morgan fingerprint density at radius 1 is 0.448 bits per heavy atom. The lowest BCUT2D eigenvalue weighted by molar-refractivity contribution is 0.483. The third-order valence-electron chi connectivity index (χ3n) is 4.23. The first-order chi connectivity index (χ1) is 14.1. The average molecular weight is 383 g/mol. The topological polar surface area (TPSA) is 87.3 Å². The van der Waals surface area contributed by atoms with Gasteiger partial charge in [-0.25, -0.2) is 0 Å². The summed E-state index contributed by atoms with van der Waals surface area (Å²) in [6.07, 6.45) is 0.917. The molecule has 4 rings (SSSR count). The zero-order valence-electron chi connectivity index (χ0n) is 16.2. The first-order valence-electron chi connectivity index (χ1n) is 9.36. The van der Waals surface area contributed by atoms with Gasteiger partial charge in [-0.1, -0.05) is 42.5 Å². The molecule has 6 N–H and O–H groups in total. The van der Waals surface area contributed by atoms with Crippen LogP contribution in [-0.4, -0.2) is 0 Å². The second-order valence-corrected chi connectivity index (χ2v) is 6.64. The molecule has 4 nitrogen and oxygen atoms in total. The number of nitrogen functional groups attached to an aromatic ring is 3. The minimum Gasteiger partial charge on any atom is -0.457 e. The van der Waals surface area contributed by atoms with E-state index in [9.17, 15) is 0 Å². The standard InChI is InChI=1S/C13H14N2.C12H11NO/c14-12-5-1-10(2-6-12)9-11-3-7-13(15)8-4-11;13-10-6-8-12(9-7-10)14-11-4-2-1-3-5-11/h1-8H,9,14-15H2;1-9H,13H2. The zero-order chi connectivity index (χ0) is 20.5. The van der Waals surface area contributed by atoms with E-state index >= 15 is 0 Å². The maximum Gasteiger partial charge on any atom is 0.127 e. The molecule has 0 saturated heterocycles. The van der Waals surface area contributed by atoms with Crippen LogP contribution in [0.25, 0.3) is 0 Å². The van der Waals surface area contributed by atoms with Crippen LogP contribution in [0.3, 0.4) is 0 Å². The van der Waals surface area contributed by atoms with Gasteiger partial charge in [0.15, 0.2) is 0 Å². The summed E-state index contributed by atoms with van der Waals surface area (Å²) in [5.74, 6) is 1.63. The van der Waals surface area contributed by atoms with E-state index in [4.69, 9.17) is 21.9 Å². The first kappa shape index (κ1) is 19.8. The molecule has 0 unspecified atom stereocenters. The van der Waals surface area contributed by atoms with Crippen molar-refractivity contribution in [1.82, 2.24) is 0 Å². The summed E-state index contributed by atoms with van der Waals surface area (Å²) < 4.78 is 5.58. The van der Waals surface area contributed by atoms with Crippen molar-refractivity contribution in [3.63, 3.8) is 0 Å². The normalized spacial score (nSPS) is 9.93. The molecule has 0 radical (unpaired) electrons. The molecule has 0 amide bonds. The Morgan fingerprint density at radius 3 is 1.28 bits per heavy atom. The number of benzene rings is 4. The molecule has 0 aliphatic heterocycles. The SMILES string of the molecule is Nc1ccc(Cc2ccc(N)cc2)cc1.Nc1ccc(Oc2ccccc2)cc1. The van der Waals surface area contributed by atoms with Gasteiger partial charge in [-0.05, 0) is 78.2 Å². The molecule has 4 heteroatoms. The van der Waals surface area contributed by atoms with E-state index in [1.807, 2.05) is 103 Å². The minimum atomic E-state index is 0.741. The molecule has 0 aliphatic carbocycles. The highest BCUT2D eigenvalue weighted by Gasteiger charge is 1.96. The quantitative estimate of drug-likeness (QED) is 0.406. The summed E-state index contributed by atoms with van der Waals surface area (Å²) >= 11 is 0. The van der Waals surface area contributed by atoms with Crippen LogP contribution in [0.2, 0.25) is 0 Å². The van der Waals surface area contributed by atoms with Gasteiger partial charge in [-0.3, -0.25) is 0 Å². The molecule has 146 valence electrons. The van der Waals surface area contributed by atoms with Gasteiger partial charge in [0, 0.05) is 17.1 Å². The number of para-hydroxylation sites is 1. The van der Waals surface area contributed by atoms with E-state index in [1.165, 1.54) is 11.1 Å². The molecule has 0 heterocycles. The number of ether oxygens (including phenoxy) is 1. The Morgan fingerprint density at radius 2 is 0.828 bits per heavy atom. The number of rotatable bonds is 4. The van der Waals surface area contributed by atoms with E-state index in [0.717, 1.165) is 35.0 Å². The molecule has 0 aromatic heterocycles. The monoisotopic (exact) mass is 383 g/mol.